The van der Waals surface area contributed by atoms with Crippen LogP contribution in [-0.4, -0.2) is 18.2 Å². The maximum atomic E-state index is 9.67. The quantitative estimate of drug-likeness (QED) is 0.749. The number of rotatable bonds is 5. The minimum absolute atomic E-state index is 0.383. The van der Waals surface area contributed by atoms with Gasteiger partial charge >= 0.3 is 0 Å². The van der Waals surface area contributed by atoms with Crippen LogP contribution in [0.5, 0.6) is 5.75 Å². The smallest absolute Gasteiger partial charge is 0.120 e. The topological polar surface area (TPSA) is 58.3 Å². The molecule has 3 nitrogen and oxygen atoms in total. The summed E-state index contributed by atoms with van der Waals surface area (Å²) in [5, 5.41) is 13.1. The highest BCUT2D eigenvalue weighted by molar-refractivity contribution is 5.31. The van der Waals surface area contributed by atoms with Crippen LogP contribution in [0.25, 0.3) is 0 Å². The SMILES string of the molecule is NCC1CCCC(CNCc2ccccc2O)C1. The Labute approximate surface area is 109 Å². The van der Waals surface area contributed by atoms with Crippen molar-refractivity contribution in [3.63, 3.8) is 0 Å². The molecular weight excluding hydrogens is 224 g/mol. The first kappa shape index (κ1) is 13.4. The molecule has 0 heterocycles. The fourth-order valence-electron chi connectivity index (χ4n) is 2.87. The van der Waals surface area contributed by atoms with E-state index in [-0.39, 0.29) is 0 Å². The van der Waals surface area contributed by atoms with E-state index in [1.807, 2.05) is 18.2 Å². The number of nitrogens with two attached hydrogens (primary N) is 1. The molecular formula is C15H24N2O. The molecule has 0 amide bonds. The highest BCUT2D eigenvalue weighted by Gasteiger charge is 2.20. The van der Waals surface area contributed by atoms with E-state index in [2.05, 4.69) is 5.32 Å². The minimum Gasteiger partial charge on any atom is -0.508 e. The van der Waals surface area contributed by atoms with E-state index in [1.54, 1.807) is 6.07 Å². The lowest BCUT2D eigenvalue weighted by molar-refractivity contribution is 0.264. The van der Waals surface area contributed by atoms with Crippen molar-refractivity contribution < 1.29 is 5.11 Å². The number of aromatic hydroxyl groups is 1. The van der Waals surface area contributed by atoms with E-state index in [4.69, 9.17) is 5.73 Å². The van der Waals surface area contributed by atoms with E-state index in [9.17, 15) is 5.11 Å². The fraction of sp³-hybridized carbons (Fsp3) is 0.600. The second-order valence-corrected chi connectivity index (χ2v) is 5.39. The molecule has 0 bridgehead atoms. The molecule has 2 rings (SSSR count). The van der Waals surface area contributed by atoms with E-state index < -0.39 is 0 Å². The molecule has 1 aromatic rings. The lowest BCUT2D eigenvalue weighted by atomic mass is 9.81. The summed E-state index contributed by atoms with van der Waals surface area (Å²) >= 11 is 0. The van der Waals surface area contributed by atoms with E-state index >= 15 is 0 Å². The van der Waals surface area contributed by atoms with Crippen molar-refractivity contribution in [3.8, 4) is 5.75 Å². The zero-order chi connectivity index (χ0) is 12.8. The molecule has 1 saturated carbocycles. The third-order valence-electron chi connectivity index (χ3n) is 3.96. The van der Waals surface area contributed by atoms with Gasteiger partial charge < -0.3 is 16.2 Å². The molecule has 100 valence electrons. The number of phenolic OH excluding ortho intramolecular Hbond substituents is 1. The Morgan fingerprint density at radius 3 is 2.78 bits per heavy atom. The monoisotopic (exact) mass is 248 g/mol. The maximum absolute atomic E-state index is 9.67. The largest absolute Gasteiger partial charge is 0.508 e. The van der Waals surface area contributed by atoms with Gasteiger partial charge in [-0.15, -0.1) is 0 Å². The first-order chi connectivity index (χ1) is 8.79. The van der Waals surface area contributed by atoms with Crippen LogP contribution in [-0.2, 0) is 6.54 Å². The lowest BCUT2D eigenvalue weighted by Gasteiger charge is -2.28. The van der Waals surface area contributed by atoms with Crippen molar-refractivity contribution in [1.82, 2.24) is 5.32 Å². The fourth-order valence-corrected chi connectivity index (χ4v) is 2.87. The highest BCUT2D eigenvalue weighted by Crippen LogP contribution is 2.27. The normalized spacial score (nSPS) is 24.1. The van der Waals surface area contributed by atoms with Crippen LogP contribution < -0.4 is 11.1 Å². The standard InChI is InChI=1S/C15H24N2O/c16-9-12-4-3-5-13(8-12)10-17-11-14-6-1-2-7-15(14)18/h1-2,6-7,12-13,17-18H,3-5,8-11,16H2. The third-order valence-corrected chi connectivity index (χ3v) is 3.96. The molecule has 0 spiro atoms. The number of hydrogen-bond donors (Lipinski definition) is 3. The van der Waals surface area contributed by atoms with Crippen molar-refractivity contribution in [3.05, 3.63) is 29.8 Å². The van der Waals surface area contributed by atoms with Gasteiger partial charge in [-0.05, 0) is 50.3 Å². The first-order valence-electron chi connectivity index (χ1n) is 6.97. The number of benzene rings is 1. The number of para-hydroxylation sites is 1. The molecule has 1 aromatic carbocycles. The highest BCUT2D eigenvalue weighted by atomic mass is 16.3. The maximum Gasteiger partial charge on any atom is 0.120 e. The van der Waals surface area contributed by atoms with Crippen LogP contribution in [0.4, 0.5) is 0 Å². The summed E-state index contributed by atoms with van der Waals surface area (Å²) in [5.74, 6) is 1.85. The average molecular weight is 248 g/mol. The molecule has 4 N–H and O–H groups in total. The van der Waals surface area contributed by atoms with Crippen LogP contribution in [0.3, 0.4) is 0 Å². The summed E-state index contributed by atoms with van der Waals surface area (Å²) in [6, 6.07) is 7.52. The van der Waals surface area contributed by atoms with Crippen LogP contribution >= 0.6 is 0 Å². The molecule has 3 heteroatoms. The van der Waals surface area contributed by atoms with Gasteiger partial charge in [-0.3, -0.25) is 0 Å². The van der Waals surface area contributed by atoms with Crippen molar-refractivity contribution in [1.29, 1.82) is 0 Å². The predicted octanol–water partition coefficient (Wildman–Crippen LogP) is 2.25. The van der Waals surface area contributed by atoms with Gasteiger partial charge in [0, 0.05) is 12.1 Å². The molecule has 0 radical (unpaired) electrons. The molecule has 18 heavy (non-hydrogen) atoms. The Hall–Kier alpha value is -1.06. The van der Waals surface area contributed by atoms with Gasteiger partial charge in [0.1, 0.15) is 5.75 Å². The van der Waals surface area contributed by atoms with Crippen LogP contribution in [0.15, 0.2) is 24.3 Å². The van der Waals surface area contributed by atoms with Crippen molar-refractivity contribution in [2.24, 2.45) is 17.6 Å². The van der Waals surface area contributed by atoms with E-state index in [1.165, 1.54) is 25.7 Å². The molecule has 1 aliphatic carbocycles. The molecule has 2 atom stereocenters. The molecule has 2 unspecified atom stereocenters. The Morgan fingerprint density at radius 2 is 2.00 bits per heavy atom. The number of phenols is 1. The summed E-state index contributed by atoms with van der Waals surface area (Å²) in [6.07, 6.45) is 5.17. The van der Waals surface area contributed by atoms with Gasteiger partial charge in [0.2, 0.25) is 0 Å². The Balaban J connectivity index is 1.73. The summed E-state index contributed by atoms with van der Waals surface area (Å²) in [4.78, 5) is 0. The minimum atomic E-state index is 0.383. The summed E-state index contributed by atoms with van der Waals surface area (Å²) < 4.78 is 0. The van der Waals surface area contributed by atoms with E-state index in [0.29, 0.717) is 5.75 Å². The summed E-state index contributed by atoms with van der Waals surface area (Å²) in [7, 11) is 0. The van der Waals surface area contributed by atoms with Gasteiger partial charge in [-0.25, -0.2) is 0 Å². The molecule has 1 fully saturated rings. The molecule has 0 saturated heterocycles. The van der Waals surface area contributed by atoms with Gasteiger partial charge in [0.25, 0.3) is 0 Å². The van der Waals surface area contributed by atoms with Crippen LogP contribution in [0, 0.1) is 11.8 Å². The third kappa shape index (κ3) is 3.72. The molecule has 1 aliphatic rings. The molecule has 0 aliphatic heterocycles. The zero-order valence-corrected chi connectivity index (χ0v) is 10.9. The van der Waals surface area contributed by atoms with Crippen molar-refractivity contribution in [2.45, 2.75) is 32.2 Å². The van der Waals surface area contributed by atoms with Gasteiger partial charge in [0.15, 0.2) is 0 Å². The van der Waals surface area contributed by atoms with Crippen LogP contribution in [0.1, 0.15) is 31.2 Å². The number of nitrogens with one attached hydrogen (secondary N) is 1. The second-order valence-electron chi connectivity index (χ2n) is 5.39. The van der Waals surface area contributed by atoms with E-state index in [0.717, 1.165) is 37.0 Å². The Bertz CT molecular complexity index is 367. The average Bonchev–Trinajstić information content (AvgIpc) is 2.41. The van der Waals surface area contributed by atoms with Crippen molar-refractivity contribution in [2.75, 3.05) is 13.1 Å². The zero-order valence-electron chi connectivity index (χ0n) is 10.9. The first-order valence-corrected chi connectivity index (χ1v) is 6.97. The van der Waals surface area contributed by atoms with Crippen molar-refractivity contribution >= 4 is 0 Å². The summed E-state index contributed by atoms with van der Waals surface area (Å²) in [5.41, 5.74) is 6.73. The Kier molecular flexibility index (Phi) is 5.02. The number of hydrogen-bond acceptors (Lipinski definition) is 3. The van der Waals surface area contributed by atoms with Gasteiger partial charge in [-0.1, -0.05) is 24.6 Å². The lowest BCUT2D eigenvalue weighted by Crippen LogP contribution is -2.29. The summed E-state index contributed by atoms with van der Waals surface area (Å²) in [6.45, 7) is 2.61. The van der Waals surface area contributed by atoms with Gasteiger partial charge in [-0.2, -0.15) is 0 Å². The molecule has 0 aromatic heterocycles. The predicted molar refractivity (Wildman–Crippen MR) is 74.3 cm³/mol. The van der Waals surface area contributed by atoms with Crippen LogP contribution in [0.2, 0.25) is 0 Å². The second kappa shape index (κ2) is 6.76. The Morgan fingerprint density at radius 1 is 1.22 bits per heavy atom. The van der Waals surface area contributed by atoms with Gasteiger partial charge in [0.05, 0.1) is 0 Å².